The largest absolute Gasteiger partial charge is 0.369 e. The molecule has 2 heterocycles. The van der Waals surface area contributed by atoms with Crippen molar-refractivity contribution in [2.24, 2.45) is 5.92 Å². The first-order valence-electron chi connectivity index (χ1n) is 7.96. The van der Waals surface area contributed by atoms with Gasteiger partial charge in [0.05, 0.1) is 0 Å². The lowest BCUT2D eigenvalue weighted by atomic mass is 9.87. The minimum Gasteiger partial charge on any atom is -0.369 e. The van der Waals surface area contributed by atoms with Crippen LogP contribution in [-0.4, -0.2) is 38.1 Å². The summed E-state index contributed by atoms with van der Waals surface area (Å²) < 4.78 is 0. The number of carbonyl (C=O) groups is 1. The molecular weight excluding hydrogens is 262 g/mol. The average Bonchev–Trinajstić information content (AvgIpc) is 2.48. The summed E-state index contributed by atoms with van der Waals surface area (Å²) in [6.07, 6.45) is 1.06. The zero-order chi connectivity index (χ0) is 15.0. The molecule has 1 fully saturated rings. The highest BCUT2D eigenvalue weighted by Crippen LogP contribution is 2.36. The van der Waals surface area contributed by atoms with Crippen LogP contribution in [0.15, 0.2) is 18.2 Å². The standard InChI is InChI=1S/C17H25N3O/c1-12-10-15-11-16(19-8-6-18-7-9-19)4-5-17(15)20(13(12)2)14(3)21/h4-5,11-13,18H,6-10H2,1-3H3/t12?,13-/m0/s1. The zero-order valence-corrected chi connectivity index (χ0v) is 13.2. The molecule has 4 heteroatoms. The van der Waals surface area contributed by atoms with Crippen LogP contribution < -0.4 is 15.1 Å². The Morgan fingerprint density at radius 1 is 1.24 bits per heavy atom. The number of benzene rings is 1. The average molecular weight is 287 g/mol. The molecule has 3 rings (SSSR count). The molecule has 0 aliphatic carbocycles. The highest BCUT2D eigenvalue weighted by molar-refractivity contribution is 5.94. The number of fused-ring (bicyclic) bond motifs is 1. The summed E-state index contributed by atoms with van der Waals surface area (Å²) in [7, 11) is 0. The van der Waals surface area contributed by atoms with Crippen molar-refractivity contribution in [2.75, 3.05) is 36.0 Å². The van der Waals surface area contributed by atoms with Crippen LogP contribution in [0.4, 0.5) is 11.4 Å². The molecule has 114 valence electrons. The fraction of sp³-hybridized carbons (Fsp3) is 0.588. The van der Waals surface area contributed by atoms with Crippen molar-refractivity contribution < 1.29 is 4.79 Å². The molecule has 2 aliphatic heterocycles. The van der Waals surface area contributed by atoms with E-state index in [2.05, 4.69) is 42.3 Å². The first-order chi connectivity index (χ1) is 10.1. The van der Waals surface area contributed by atoms with E-state index in [1.54, 1.807) is 6.92 Å². The lowest BCUT2D eigenvalue weighted by Gasteiger charge is -2.39. The second-order valence-electron chi connectivity index (χ2n) is 6.36. The summed E-state index contributed by atoms with van der Waals surface area (Å²) in [5.74, 6) is 0.643. The van der Waals surface area contributed by atoms with E-state index in [9.17, 15) is 4.79 Å². The van der Waals surface area contributed by atoms with Crippen LogP contribution in [0.2, 0.25) is 0 Å². The van der Waals surface area contributed by atoms with Crippen molar-refractivity contribution in [1.82, 2.24) is 5.32 Å². The van der Waals surface area contributed by atoms with Gasteiger partial charge in [0, 0.05) is 50.5 Å². The summed E-state index contributed by atoms with van der Waals surface area (Å²) in [6.45, 7) is 10.3. The molecular formula is C17H25N3O. The van der Waals surface area contributed by atoms with Gasteiger partial charge in [-0.25, -0.2) is 0 Å². The molecule has 2 aliphatic rings. The van der Waals surface area contributed by atoms with E-state index in [0.29, 0.717) is 5.92 Å². The molecule has 0 bridgehead atoms. The number of carbonyl (C=O) groups excluding carboxylic acids is 1. The Morgan fingerprint density at radius 2 is 1.95 bits per heavy atom. The Balaban J connectivity index is 1.94. The summed E-state index contributed by atoms with van der Waals surface area (Å²) >= 11 is 0. The summed E-state index contributed by atoms with van der Waals surface area (Å²) in [5.41, 5.74) is 3.71. The van der Waals surface area contributed by atoms with Gasteiger partial charge in [-0.3, -0.25) is 4.79 Å². The summed E-state index contributed by atoms with van der Waals surface area (Å²) in [6, 6.07) is 6.87. The van der Waals surface area contributed by atoms with Crippen LogP contribution in [0.1, 0.15) is 26.3 Å². The van der Waals surface area contributed by atoms with E-state index < -0.39 is 0 Å². The normalized spacial score (nSPS) is 25.7. The lowest BCUT2D eigenvalue weighted by molar-refractivity contribution is -0.117. The second-order valence-corrected chi connectivity index (χ2v) is 6.36. The van der Waals surface area contributed by atoms with Gasteiger partial charge in [-0.05, 0) is 43.0 Å². The number of hydrogen-bond acceptors (Lipinski definition) is 3. The molecule has 1 aromatic rings. The third kappa shape index (κ3) is 2.64. The van der Waals surface area contributed by atoms with Gasteiger partial charge in [-0.2, -0.15) is 0 Å². The van der Waals surface area contributed by atoms with Gasteiger partial charge in [-0.15, -0.1) is 0 Å². The minimum absolute atomic E-state index is 0.144. The van der Waals surface area contributed by atoms with Crippen molar-refractivity contribution in [2.45, 2.75) is 33.2 Å². The summed E-state index contributed by atoms with van der Waals surface area (Å²) in [4.78, 5) is 16.4. The van der Waals surface area contributed by atoms with Crippen LogP contribution in [0, 0.1) is 5.92 Å². The van der Waals surface area contributed by atoms with Gasteiger partial charge in [-0.1, -0.05) is 6.92 Å². The van der Waals surface area contributed by atoms with E-state index >= 15 is 0 Å². The molecule has 1 amide bonds. The maximum Gasteiger partial charge on any atom is 0.224 e. The molecule has 0 radical (unpaired) electrons. The van der Waals surface area contributed by atoms with Gasteiger partial charge in [0.25, 0.3) is 0 Å². The molecule has 1 saturated heterocycles. The quantitative estimate of drug-likeness (QED) is 0.858. The Bertz CT molecular complexity index is 537. The van der Waals surface area contributed by atoms with Gasteiger partial charge >= 0.3 is 0 Å². The third-order valence-corrected chi connectivity index (χ3v) is 4.92. The molecule has 2 atom stereocenters. The maximum absolute atomic E-state index is 12.0. The molecule has 21 heavy (non-hydrogen) atoms. The van der Waals surface area contributed by atoms with Crippen molar-refractivity contribution in [3.63, 3.8) is 0 Å². The van der Waals surface area contributed by atoms with Gasteiger partial charge in [0.2, 0.25) is 5.91 Å². The van der Waals surface area contributed by atoms with Crippen LogP contribution in [-0.2, 0) is 11.2 Å². The zero-order valence-electron chi connectivity index (χ0n) is 13.2. The predicted octanol–water partition coefficient (Wildman–Crippen LogP) is 2.03. The maximum atomic E-state index is 12.0. The van der Waals surface area contributed by atoms with E-state index in [1.807, 2.05) is 4.90 Å². The minimum atomic E-state index is 0.144. The fourth-order valence-corrected chi connectivity index (χ4v) is 3.54. The van der Waals surface area contributed by atoms with Gasteiger partial charge < -0.3 is 15.1 Å². The third-order valence-electron chi connectivity index (χ3n) is 4.92. The van der Waals surface area contributed by atoms with E-state index in [4.69, 9.17) is 0 Å². The fourth-order valence-electron chi connectivity index (χ4n) is 3.54. The second kappa shape index (κ2) is 5.68. The Morgan fingerprint density at radius 3 is 2.62 bits per heavy atom. The number of hydrogen-bond donors (Lipinski definition) is 1. The monoisotopic (exact) mass is 287 g/mol. The summed E-state index contributed by atoms with van der Waals surface area (Å²) in [5, 5.41) is 3.39. The van der Waals surface area contributed by atoms with Crippen LogP contribution >= 0.6 is 0 Å². The number of nitrogens with zero attached hydrogens (tertiary/aromatic N) is 2. The highest BCUT2D eigenvalue weighted by atomic mass is 16.2. The van der Waals surface area contributed by atoms with E-state index in [-0.39, 0.29) is 11.9 Å². The number of rotatable bonds is 1. The van der Waals surface area contributed by atoms with Gasteiger partial charge in [0.1, 0.15) is 0 Å². The van der Waals surface area contributed by atoms with Crippen LogP contribution in [0.25, 0.3) is 0 Å². The number of nitrogens with one attached hydrogen (secondary N) is 1. The van der Waals surface area contributed by atoms with Crippen LogP contribution in [0.5, 0.6) is 0 Å². The number of amides is 1. The topological polar surface area (TPSA) is 35.6 Å². The molecule has 0 aromatic heterocycles. The highest BCUT2D eigenvalue weighted by Gasteiger charge is 2.31. The molecule has 0 spiro atoms. The number of anilines is 2. The van der Waals surface area contributed by atoms with E-state index in [0.717, 1.165) is 38.3 Å². The Labute approximate surface area is 127 Å². The molecule has 4 nitrogen and oxygen atoms in total. The lowest BCUT2D eigenvalue weighted by Crippen LogP contribution is -2.46. The first kappa shape index (κ1) is 14.4. The Kier molecular flexibility index (Phi) is 3.89. The van der Waals surface area contributed by atoms with Crippen LogP contribution in [0.3, 0.4) is 0 Å². The Hall–Kier alpha value is -1.55. The molecule has 1 N–H and O–H groups in total. The predicted molar refractivity (Wildman–Crippen MR) is 87.0 cm³/mol. The van der Waals surface area contributed by atoms with Crippen molar-refractivity contribution in [1.29, 1.82) is 0 Å². The molecule has 1 unspecified atom stereocenters. The van der Waals surface area contributed by atoms with Crippen molar-refractivity contribution in [3.8, 4) is 0 Å². The molecule has 0 saturated carbocycles. The smallest absolute Gasteiger partial charge is 0.224 e. The first-order valence-corrected chi connectivity index (χ1v) is 7.96. The number of piperazine rings is 1. The van der Waals surface area contributed by atoms with E-state index in [1.165, 1.54) is 11.3 Å². The SMILES string of the molecule is CC(=O)N1c2ccc(N3CCNCC3)cc2CC(C)[C@@H]1C. The van der Waals surface area contributed by atoms with Crippen molar-refractivity contribution >= 4 is 17.3 Å². The van der Waals surface area contributed by atoms with Gasteiger partial charge in [0.15, 0.2) is 0 Å². The molecule has 1 aromatic carbocycles. The van der Waals surface area contributed by atoms with Crippen molar-refractivity contribution in [3.05, 3.63) is 23.8 Å².